The van der Waals surface area contributed by atoms with Crippen LogP contribution < -0.4 is 4.74 Å². The van der Waals surface area contributed by atoms with Crippen molar-refractivity contribution in [1.29, 1.82) is 0 Å². The molecule has 0 aliphatic rings. The number of oxazole rings is 1. The first-order valence-corrected chi connectivity index (χ1v) is 5.88. The Balaban J connectivity index is 2.04. The van der Waals surface area contributed by atoms with Gasteiger partial charge < -0.3 is 9.15 Å². The fourth-order valence-corrected chi connectivity index (χ4v) is 1.84. The Morgan fingerprint density at radius 3 is 2.81 bits per heavy atom. The van der Waals surface area contributed by atoms with Crippen molar-refractivity contribution in [3.8, 4) is 5.75 Å². The summed E-state index contributed by atoms with van der Waals surface area (Å²) in [6.07, 6.45) is 1.56. The number of benzene rings is 1. The monoisotopic (exact) mass is 321 g/mol. The van der Waals surface area contributed by atoms with Gasteiger partial charge in [0.25, 0.3) is 0 Å². The number of aromatic nitrogens is 1. The van der Waals surface area contributed by atoms with E-state index in [1.807, 2.05) is 0 Å². The van der Waals surface area contributed by atoms with Crippen LogP contribution in [0.4, 0.5) is 0 Å². The van der Waals surface area contributed by atoms with E-state index in [1.165, 1.54) is 0 Å². The molecule has 6 heteroatoms. The van der Waals surface area contributed by atoms with E-state index in [2.05, 4.69) is 20.9 Å². The van der Waals surface area contributed by atoms with Crippen molar-refractivity contribution in [3.63, 3.8) is 0 Å². The molecular weight excluding hydrogens is 317 g/mol. The summed E-state index contributed by atoms with van der Waals surface area (Å²) in [5.74, 6) is 1.01. The largest absolute Gasteiger partial charge is 0.482 e. The maximum absolute atomic E-state index is 5.93. The molecule has 0 fully saturated rings. The highest BCUT2D eigenvalue weighted by Crippen LogP contribution is 2.28. The second-order valence-electron chi connectivity index (χ2n) is 2.92. The molecule has 0 aliphatic carbocycles. The highest BCUT2D eigenvalue weighted by Gasteiger charge is 2.05. The molecule has 0 atom stereocenters. The fourth-order valence-electron chi connectivity index (χ4n) is 1.09. The Kier molecular flexibility index (Phi) is 3.74. The van der Waals surface area contributed by atoms with Crippen molar-refractivity contribution in [3.05, 3.63) is 45.0 Å². The van der Waals surface area contributed by atoms with Gasteiger partial charge in [-0.2, -0.15) is 0 Å². The normalized spacial score (nSPS) is 10.4. The zero-order valence-electron chi connectivity index (χ0n) is 7.91. The van der Waals surface area contributed by atoms with Gasteiger partial charge in [0.1, 0.15) is 5.75 Å². The van der Waals surface area contributed by atoms with Gasteiger partial charge in [-0.3, -0.25) is 0 Å². The van der Waals surface area contributed by atoms with E-state index in [0.717, 1.165) is 0 Å². The third kappa shape index (κ3) is 2.90. The van der Waals surface area contributed by atoms with E-state index in [4.69, 9.17) is 32.4 Å². The van der Waals surface area contributed by atoms with E-state index in [9.17, 15) is 0 Å². The van der Waals surface area contributed by atoms with Crippen LogP contribution >= 0.6 is 39.1 Å². The Morgan fingerprint density at radius 2 is 2.19 bits per heavy atom. The molecule has 0 unspecified atom stereocenters. The number of hydrogen-bond donors (Lipinski definition) is 0. The van der Waals surface area contributed by atoms with Crippen LogP contribution in [0.2, 0.25) is 10.0 Å². The lowest BCUT2D eigenvalue weighted by atomic mass is 10.3. The molecular formula is C10H6BrCl2NO2. The van der Waals surface area contributed by atoms with Crippen LogP contribution in [0.3, 0.4) is 0 Å². The molecule has 0 N–H and O–H groups in total. The number of ether oxygens (including phenoxy) is 1. The summed E-state index contributed by atoms with van der Waals surface area (Å²) in [7, 11) is 0. The first-order valence-electron chi connectivity index (χ1n) is 4.33. The third-order valence-electron chi connectivity index (χ3n) is 1.77. The van der Waals surface area contributed by atoms with Crippen LogP contribution in [0.1, 0.15) is 5.89 Å². The molecule has 0 amide bonds. The molecule has 2 rings (SSSR count). The number of nitrogens with zero attached hydrogens (tertiary/aromatic N) is 1. The van der Waals surface area contributed by atoms with E-state index < -0.39 is 0 Å². The van der Waals surface area contributed by atoms with Gasteiger partial charge >= 0.3 is 0 Å². The molecule has 2 aromatic rings. The smallest absolute Gasteiger partial charge is 0.233 e. The topological polar surface area (TPSA) is 35.3 Å². The summed E-state index contributed by atoms with van der Waals surface area (Å²) < 4.78 is 11.2. The standard InChI is InChI=1S/C10H6BrCl2NO2/c11-9-4-14-10(16-9)5-15-8-2-1-6(12)3-7(8)13/h1-4H,5H2. The van der Waals surface area contributed by atoms with Crippen molar-refractivity contribution >= 4 is 39.1 Å². The highest BCUT2D eigenvalue weighted by atomic mass is 79.9. The van der Waals surface area contributed by atoms with Crippen molar-refractivity contribution < 1.29 is 9.15 Å². The van der Waals surface area contributed by atoms with Gasteiger partial charge in [0.2, 0.25) is 5.89 Å². The van der Waals surface area contributed by atoms with E-state index in [0.29, 0.717) is 26.4 Å². The van der Waals surface area contributed by atoms with E-state index >= 15 is 0 Å². The van der Waals surface area contributed by atoms with Gasteiger partial charge in [0, 0.05) is 5.02 Å². The summed E-state index contributed by atoms with van der Waals surface area (Å²) in [5, 5.41) is 1.02. The van der Waals surface area contributed by atoms with Gasteiger partial charge in [-0.05, 0) is 34.1 Å². The van der Waals surface area contributed by atoms with Crippen LogP contribution in [0, 0.1) is 0 Å². The molecule has 1 aromatic heterocycles. The van der Waals surface area contributed by atoms with Gasteiger partial charge in [0.15, 0.2) is 11.3 Å². The molecule has 0 saturated heterocycles. The number of hydrogen-bond acceptors (Lipinski definition) is 3. The van der Waals surface area contributed by atoms with E-state index in [-0.39, 0.29) is 6.61 Å². The first-order chi connectivity index (χ1) is 7.65. The van der Waals surface area contributed by atoms with Gasteiger partial charge in [-0.1, -0.05) is 23.2 Å². The maximum Gasteiger partial charge on any atom is 0.233 e. The summed E-state index contributed by atoms with van der Waals surface area (Å²) in [6, 6.07) is 5.01. The average Bonchev–Trinajstić information content (AvgIpc) is 2.63. The molecule has 16 heavy (non-hydrogen) atoms. The number of rotatable bonds is 3. The Hall–Kier alpha value is -0.710. The minimum absolute atomic E-state index is 0.215. The average molecular weight is 323 g/mol. The predicted octanol–water partition coefficient (Wildman–Crippen LogP) is 4.32. The van der Waals surface area contributed by atoms with Crippen LogP contribution in [-0.2, 0) is 6.61 Å². The molecule has 0 aliphatic heterocycles. The van der Waals surface area contributed by atoms with Gasteiger partial charge in [-0.15, -0.1) is 0 Å². The van der Waals surface area contributed by atoms with Crippen LogP contribution in [0.15, 0.2) is 33.5 Å². The zero-order chi connectivity index (χ0) is 11.5. The minimum atomic E-state index is 0.215. The summed E-state index contributed by atoms with van der Waals surface area (Å²) in [5.41, 5.74) is 0. The lowest BCUT2D eigenvalue weighted by molar-refractivity contribution is 0.260. The first kappa shape index (κ1) is 11.8. The number of halogens is 3. The van der Waals surface area contributed by atoms with Crippen LogP contribution in [-0.4, -0.2) is 4.98 Å². The van der Waals surface area contributed by atoms with Gasteiger partial charge in [0.05, 0.1) is 11.2 Å². The minimum Gasteiger partial charge on any atom is -0.482 e. The second-order valence-corrected chi connectivity index (χ2v) is 4.55. The molecule has 0 saturated carbocycles. The molecule has 1 aromatic carbocycles. The SMILES string of the molecule is Clc1ccc(OCc2ncc(Br)o2)c(Cl)c1. The zero-order valence-corrected chi connectivity index (χ0v) is 11.0. The Labute approximate surface area is 110 Å². The molecule has 84 valence electrons. The predicted molar refractivity (Wildman–Crippen MR) is 65.0 cm³/mol. The second kappa shape index (κ2) is 5.08. The van der Waals surface area contributed by atoms with E-state index in [1.54, 1.807) is 24.4 Å². The molecule has 0 spiro atoms. The molecule has 3 nitrogen and oxygen atoms in total. The highest BCUT2D eigenvalue weighted by molar-refractivity contribution is 9.10. The lowest BCUT2D eigenvalue weighted by Crippen LogP contribution is -1.95. The summed E-state index contributed by atoms with van der Waals surface area (Å²) in [4.78, 5) is 3.97. The quantitative estimate of drug-likeness (QED) is 0.844. The van der Waals surface area contributed by atoms with Crippen molar-refractivity contribution in [2.45, 2.75) is 6.61 Å². The Morgan fingerprint density at radius 1 is 1.38 bits per heavy atom. The lowest BCUT2D eigenvalue weighted by Gasteiger charge is -2.05. The molecule has 0 bridgehead atoms. The molecule has 0 radical (unpaired) electrons. The van der Waals surface area contributed by atoms with Crippen molar-refractivity contribution in [2.75, 3.05) is 0 Å². The van der Waals surface area contributed by atoms with Crippen molar-refractivity contribution in [2.24, 2.45) is 0 Å². The summed E-state index contributed by atoms with van der Waals surface area (Å²) in [6.45, 7) is 0.215. The van der Waals surface area contributed by atoms with Gasteiger partial charge in [-0.25, -0.2) is 4.98 Å². The molecule has 1 heterocycles. The summed E-state index contributed by atoms with van der Waals surface area (Å²) >= 11 is 14.8. The van der Waals surface area contributed by atoms with Crippen molar-refractivity contribution in [1.82, 2.24) is 4.98 Å². The fraction of sp³-hybridized carbons (Fsp3) is 0.100. The maximum atomic E-state index is 5.93. The van der Waals surface area contributed by atoms with Crippen LogP contribution in [0.25, 0.3) is 0 Å². The third-order valence-corrected chi connectivity index (χ3v) is 2.67. The van der Waals surface area contributed by atoms with Crippen LogP contribution in [0.5, 0.6) is 5.75 Å². The Bertz CT molecular complexity index is 501.